The molecule has 2 heterocycles. The van der Waals surface area contributed by atoms with Crippen LogP contribution in [0.1, 0.15) is 16.2 Å². The summed E-state index contributed by atoms with van der Waals surface area (Å²) in [6.07, 6.45) is 1.74. The van der Waals surface area contributed by atoms with Crippen LogP contribution in [0.25, 0.3) is 5.82 Å². The van der Waals surface area contributed by atoms with E-state index < -0.39 is 5.97 Å². The zero-order valence-corrected chi connectivity index (χ0v) is 7.95. The second kappa shape index (κ2) is 3.49. The van der Waals surface area contributed by atoms with Gasteiger partial charge >= 0.3 is 5.97 Å². The number of hydrogen-bond donors (Lipinski definition) is 1. The molecule has 0 fully saturated rings. The Balaban J connectivity index is 2.35. The van der Waals surface area contributed by atoms with Gasteiger partial charge in [0.15, 0.2) is 11.5 Å². The van der Waals surface area contributed by atoms with Crippen LogP contribution in [0.5, 0.6) is 0 Å². The van der Waals surface area contributed by atoms with Gasteiger partial charge in [0.1, 0.15) is 0 Å². The van der Waals surface area contributed by atoms with Crippen molar-refractivity contribution in [2.45, 2.75) is 6.92 Å². The Hall–Kier alpha value is -2.24. The summed E-state index contributed by atoms with van der Waals surface area (Å²) in [6, 6.07) is 4.78. The predicted octanol–water partition coefficient (Wildman–Crippen LogP) is 0.669. The number of rotatable bonds is 2. The van der Waals surface area contributed by atoms with Crippen molar-refractivity contribution in [1.29, 1.82) is 0 Å². The third kappa shape index (κ3) is 1.83. The Labute approximate surface area is 85.2 Å². The molecule has 0 aliphatic rings. The van der Waals surface area contributed by atoms with Gasteiger partial charge in [-0.2, -0.15) is 5.10 Å². The van der Waals surface area contributed by atoms with Gasteiger partial charge in [-0.05, 0) is 25.1 Å². The van der Waals surface area contributed by atoms with E-state index in [0.29, 0.717) is 5.82 Å². The second-order valence-electron chi connectivity index (χ2n) is 2.98. The van der Waals surface area contributed by atoms with Crippen molar-refractivity contribution >= 4 is 5.97 Å². The summed E-state index contributed by atoms with van der Waals surface area (Å²) >= 11 is 0. The number of carbonyl (C=O) groups is 1. The highest BCUT2D eigenvalue weighted by atomic mass is 16.4. The Bertz CT molecular complexity index is 489. The quantitative estimate of drug-likeness (QED) is 0.777. The molecular formula is C9H8N4O2. The molecule has 0 unspecified atom stereocenters. The minimum Gasteiger partial charge on any atom is -0.476 e. The highest BCUT2D eigenvalue weighted by Gasteiger charge is 2.06. The molecule has 2 aromatic heterocycles. The molecule has 0 bridgehead atoms. The molecule has 0 atom stereocenters. The first-order valence-electron chi connectivity index (χ1n) is 4.26. The van der Waals surface area contributed by atoms with E-state index in [9.17, 15) is 4.79 Å². The van der Waals surface area contributed by atoms with Crippen LogP contribution in [0, 0.1) is 6.92 Å². The van der Waals surface area contributed by atoms with Gasteiger partial charge in [-0.1, -0.05) is 0 Å². The molecule has 2 aromatic rings. The third-order valence-electron chi connectivity index (χ3n) is 1.83. The maximum absolute atomic E-state index is 10.5. The van der Waals surface area contributed by atoms with Crippen molar-refractivity contribution in [3.63, 3.8) is 0 Å². The van der Waals surface area contributed by atoms with E-state index in [2.05, 4.69) is 15.3 Å². The van der Waals surface area contributed by atoms with Crippen molar-refractivity contribution < 1.29 is 9.90 Å². The predicted molar refractivity (Wildman–Crippen MR) is 50.9 cm³/mol. The fourth-order valence-electron chi connectivity index (χ4n) is 1.10. The number of nitrogens with zero attached hydrogens (tertiary/aromatic N) is 4. The summed E-state index contributed by atoms with van der Waals surface area (Å²) in [5.41, 5.74) is 0.779. The molecule has 6 heteroatoms. The maximum atomic E-state index is 10.5. The molecule has 1 N–H and O–H groups in total. The first-order chi connectivity index (χ1) is 7.16. The smallest absolute Gasteiger partial charge is 0.356 e. The molecular weight excluding hydrogens is 196 g/mol. The van der Waals surface area contributed by atoms with Crippen molar-refractivity contribution in [3.8, 4) is 5.82 Å². The lowest BCUT2D eigenvalue weighted by Gasteiger charge is -1.98. The molecule has 0 radical (unpaired) electrons. The normalized spacial score (nSPS) is 10.2. The SMILES string of the molecule is Cc1ccn(-c2ccc(C(=O)O)nn2)n1. The van der Waals surface area contributed by atoms with Crippen LogP contribution < -0.4 is 0 Å². The number of aromatic carboxylic acids is 1. The molecule has 76 valence electrons. The molecule has 6 nitrogen and oxygen atoms in total. The van der Waals surface area contributed by atoms with E-state index in [1.54, 1.807) is 12.3 Å². The average Bonchev–Trinajstić information content (AvgIpc) is 2.65. The van der Waals surface area contributed by atoms with Crippen molar-refractivity contribution in [2.75, 3.05) is 0 Å². The Kier molecular flexibility index (Phi) is 2.17. The maximum Gasteiger partial charge on any atom is 0.356 e. The molecule has 0 aliphatic heterocycles. The number of aryl methyl sites for hydroxylation is 1. The van der Waals surface area contributed by atoms with E-state index in [0.717, 1.165) is 5.69 Å². The zero-order valence-electron chi connectivity index (χ0n) is 7.95. The van der Waals surface area contributed by atoms with Gasteiger partial charge in [-0.3, -0.25) is 0 Å². The van der Waals surface area contributed by atoms with Gasteiger partial charge in [0.2, 0.25) is 0 Å². The molecule has 0 amide bonds. The van der Waals surface area contributed by atoms with Gasteiger partial charge in [-0.25, -0.2) is 9.48 Å². The zero-order chi connectivity index (χ0) is 10.8. The van der Waals surface area contributed by atoms with Crippen molar-refractivity contribution in [3.05, 3.63) is 35.8 Å². The van der Waals surface area contributed by atoms with Gasteiger partial charge in [0.25, 0.3) is 0 Å². The molecule has 2 rings (SSSR count). The Morgan fingerprint density at radius 2 is 2.13 bits per heavy atom. The lowest BCUT2D eigenvalue weighted by molar-refractivity contribution is 0.0689. The molecule has 0 aliphatic carbocycles. The molecule has 0 saturated heterocycles. The lowest BCUT2D eigenvalue weighted by atomic mass is 10.4. The summed E-state index contributed by atoms with van der Waals surface area (Å²) < 4.78 is 1.54. The largest absolute Gasteiger partial charge is 0.476 e. The molecule has 0 spiro atoms. The number of carboxylic acids is 1. The summed E-state index contributed by atoms with van der Waals surface area (Å²) in [5.74, 6) is -0.598. The highest BCUT2D eigenvalue weighted by Crippen LogP contribution is 2.03. The minimum atomic E-state index is -1.09. The molecule has 15 heavy (non-hydrogen) atoms. The van der Waals surface area contributed by atoms with Crippen LogP contribution in [0.2, 0.25) is 0 Å². The van der Waals surface area contributed by atoms with Gasteiger partial charge in [0.05, 0.1) is 5.69 Å². The number of aromatic nitrogens is 4. The van der Waals surface area contributed by atoms with Crippen LogP contribution in [0.4, 0.5) is 0 Å². The monoisotopic (exact) mass is 204 g/mol. The Morgan fingerprint density at radius 1 is 1.33 bits per heavy atom. The van der Waals surface area contributed by atoms with E-state index in [4.69, 9.17) is 5.11 Å². The third-order valence-corrected chi connectivity index (χ3v) is 1.83. The first-order valence-corrected chi connectivity index (χ1v) is 4.26. The van der Waals surface area contributed by atoms with Crippen LogP contribution in [0.15, 0.2) is 24.4 Å². The number of hydrogen-bond acceptors (Lipinski definition) is 4. The minimum absolute atomic E-state index is 0.0809. The van der Waals surface area contributed by atoms with E-state index in [-0.39, 0.29) is 5.69 Å². The lowest BCUT2D eigenvalue weighted by Crippen LogP contribution is -2.05. The Morgan fingerprint density at radius 3 is 2.60 bits per heavy atom. The van der Waals surface area contributed by atoms with Crippen LogP contribution in [-0.4, -0.2) is 31.1 Å². The average molecular weight is 204 g/mol. The molecule has 0 saturated carbocycles. The van der Waals surface area contributed by atoms with Crippen molar-refractivity contribution in [2.24, 2.45) is 0 Å². The van der Waals surface area contributed by atoms with E-state index >= 15 is 0 Å². The van der Waals surface area contributed by atoms with Crippen molar-refractivity contribution in [1.82, 2.24) is 20.0 Å². The van der Waals surface area contributed by atoms with Crippen LogP contribution >= 0.6 is 0 Å². The fraction of sp³-hybridized carbons (Fsp3) is 0.111. The van der Waals surface area contributed by atoms with Crippen LogP contribution in [-0.2, 0) is 0 Å². The van der Waals surface area contributed by atoms with E-state index in [1.165, 1.54) is 10.7 Å². The molecule has 0 aromatic carbocycles. The van der Waals surface area contributed by atoms with Crippen LogP contribution in [0.3, 0.4) is 0 Å². The fourth-order valence-corrected chi connectivity index (χ4v) is 1.10. The van der Waals surface area contributed by atoms with Gasteiger partial charge < -0.3 is 5.11 Å². The summed E-state index contributed by atoms with van der Waals surface area (Å²) in [7, 11) is 0. The summed E-state index contributed by atoms with van der Waals surface area (Å²) in [4.78, 5) is 10.5. The van der Waals surface area contributed by atoms with E-state index in [1.807, 2.05) is 13.0 Å². The number of carboxylic acid groups (broad SMARTS) is 1. The first kappa shape index (κ1) is 9.32. The summed E-state index contributed by atoms with van der Waals surface area (Å²) in [5, 5.41) is 20.1. The standard InChI is InChI=1S/C9H8N4O2/c1-6-4-5-13(12-6)8-3-2-7(9(14)15)10-11-8/h2-5H,1H3,(H,14,15). The highest BCUT2D eigenvalue weighted by molar-refractivity contribution is 5.85. The summed E-state index contributed by atoms with van der Waals surface area (Å²) in [6.45, 7) is 1.86. The topological polar surface area (TPSA) is 80.9 Å². The van der Waals surface area contributed by atoms with Gasteiger partial charge in [0, 0.05) is 6.20 Å². The second-order valence-corrected chi connectivity index (χ2v) is 2.98. The van der Waals surface area contributed by atoms with Gasteiger partial charge in [-0.15, -0.1) is 10.2 Å².